The summed E-state index contributed by atoms with van der Waals surface area (Å²) in [5.74, 6) is 0.0648. The summed E-state index contributed by atoms with van der Waals surface area (Å²) in [6, 6.07) is 0.111. The highest BCUT2D eigenvalue weighted by Crippen LogP contribution is 2.41. The summed E-state index contributed by atoms with van der Waals surface area (Å²) in [7, 11) is -0.204. The summed E-state index contributed by atoms with van der Waals surface area (Å²) in [6.45, 7) is 16.7. The fourth-order valence-electron chi connectivity index (χ4n) is 3.95. The van der Waals surface area contributed by atoms with Crippen LogP contribution in [0.3, 0.4) is 0 Å². The molecule has 0 saturated carbocycles. The predicted octanol–water partition coefficient (Wildman–Crippen LogP) is 4.50. The Kier molecular flexibility index (Phi) is 7.34. The van der Waals surface area contributed by atoms with E-state index in [1.54, 1.807) is 20.1 Å². The number of hydrogen-bond donors (Lipinski definition) is 0. The van der Waals surface area contributed by atoms with E-state index < -0.39 is 13.7 Å². The van der Waals surface area contributed by atoms with Crippen molar-refractivity contribution in [1.82, 2.24) is 4.90 Å². The fraction of sp³-hybridized carbons (Fsp3) is 0.739. The van der Waals surface area contributed by atoms with Gasteiger partial charge in [0.25, 0.3) is 0 Å². The number of ketones is 1. The molecule has 29 heavy (non-hydrogen) atoms. The zero-order valence-corrected chi connectivity index (χ0v) is 20.6. The number of carbonyl (C=O) groups excluding carboxylic acids is 2. The second-order valence-corrected chi connectivity index (χ2v) is 15.0. The van der Waals surface area contributed by atoms with Gasteiger partial charge in [-0.1, -0.05) is 26.8 Å². The number of rotatable bonds is 7. The minimum absolute atomic E-state index is 0.00698. The third kappa shape index (κ3) is 5.09. The SMILES string of the molecule is COC[C@@H]1CCCN1C(=O)[C@@]1(C)C=C(C)C(=O)C=C1CCO[Si](C)(C)C(C)(C)C. The average Bonchev–Trinajstić information content (AvgIpc) is 3.06. The number of hydrogen-bond acceptors (Lipinski definition) is 4. The van der Waals surface area contributed by atoms with E-state index in [2.05, 4.69) is 33.9 Å². The molecule has 0 radical (unpaired) electrons. The highest BCUT2D eigenvalue weighted by molar-refractivity contribution is 6.74. The van der Waals surface area contributed by atoms with Crippen molar-refractivity contribution in [2.45, 2.75) is 78.1 Å². The van der Waals surface area contributed by atoms with E-state index in [1.807, 2.05) is 17.9 Å². The second kappa shape index (κ2) is 8.86. The van der Waals surface area contributed by atoms with Crippen LogP contribution in [0.4, 0.5) is 0 Å². The van der Waals surface area contributed by atoms with Gasteiger partial charge in [-0.3, -0.25) is 9.59 Å². The molecule has 0 aromatic heterocycles. The number of methoxy groups -OCH3 is 1. The molecular formula is C23H39NO4Si. The van der Waals surface area contributed by atoms with Crippen LogP contribution in [0.1, 0.15) is 53.9 Å². The number of carbonyl (C=O) groups is 2. The molecule has 0 unspecified atom stereocenters. The Morgan fingerprint density at radius 1 is 1.34 bits per heavy atom. The third-order valence-corrected chi connectivity index (χ3v) is 11.5. The summed E-state index contributed by atoms with van der Waals surface area (Å²) in [5, 5.41) is 0.127. The van der Waals surface area contributed by atoms with Crippen molar-refractivity contribution in [2.24, 2.45) is 5.41 Å². The normalized spacial score (nSPS) is 25.9. The fourth-order valence-corrected chi connectivity index (χ4v) is 4.99. The molecule has 2 aliphatic rings. The quantitative estimate of drug-likeness (QED) is 0.568. The minimum atomic E-state index is -1.88. The van der Waals surface area contributed by atoms with Crippen LogP contribution in [0, 0.1) is 5.41 Å². The lowest BCUT2D eigenvalue weighted by atomic mass is 9.73. The lowest BCUT2D eigenvalue weighted by Crippen LogP contribution is -2.47. The van der Waals surface area contributed by atoms with Crippen molar-refractivity contribution in [3.8, 4) is 0 Å². The van der Waals surface area contributed by atoms with Gasteiger partial charge in [-0.25, -0.2) is 0 Å². The van der Waals surface area contributed by atoms with E-state index >= 15 is 0 Å². The summed E-state index contributed by atoms with van der Waals surface area (Å²) >= 11 is 0. The molecule has 1 saturated heterocycles. The van der Waals surface area contributed by atoms with E-state index in [0.717, 1.165) is 25.0 Å². The summed E-state index contributed by atoms with van der Waals surface area (Å²) in [5.41, 5.74) is 0.697. The number of likely N-dealkylation sites (tertiary alicyclic amines) is 1. The van der Waals surface area contributed by atoms with Crippen molar-refractivity contribution in [1.29, 1.82) is 0 Å². The first-order chi connectivity index (χ1) is 13.3. The second-order valence-electron chi connectivity index (χ2n) is 10.2. The Labute approximate surface area is 177 Å². The molecule has 1 aliphatic carbocycles. The number of amides is 1. The standard InChI is InChI=1S/C23H39NO4Si/c1-17-15-23(5,21(26)24-12-9-10-19(24)16-27-6)18(14-20(17)25)11-13-28-29(7,8)22(2,3)4/h14-15,19H,9-13,16H2,1-8H3/t19-,23-/m0/s1. The summed E-state index contributed by atoms with van der Waals surface area (Å²) < 4.78 is 11.7. The largest absolute Gasteiger partial charge is 0.417 e. The Balaban J connectivity index is 2.22. The first-order valence-electron chi connectivity index (χ1n) is 10.7. The molecule has 1 amide bonds. The number of allylic oxidation sites excluding steroid dienone is 2. The van der Waals surface area contributed by atoms with Gasteiger partial charge in [0.15, 0.2) is 14.1 Å². The molecule has 1 aliphatic heterocycles. The third-order valence-electron chi connectivity index (χ3n) is 6.95. The van der Waals surface area contributed by atoms with Gasteiger partial charge in [0.1, 0.15) is 0 Å². The van der Waals surface area contributed by atoms with Crippen molar-refractivity contribution in [3.05, 3.63) is 23.3 Å². The highest BCUT2D eigenvalue weighted by atomic mass is 28.4. The van der Waals surface area contributed by atoms with E-state index in [-0.39, 0.29) is 22.8 Å². The molecule has 0 aromatic carbocycles. The van der Waals surface area contributed by atoms with E-state index in [0.29, 0.717) is 25.2 Å². The number of nitrogens with zero attached hydrogens (tertiary/aromatic N) is 1. The molecule has 0 bridgehead atoms. The van der Waals surface area contributed by atoms with Crippen LogP contribution in [0.25, 0.3) is 0 Å². The van der Waals surface area contributed by atoms with Gasteiger partial charge in [0, 0.05) is 20.3 Å². The Hall–Kier alpha value is -1.24. The maximum Gasteiger partial charge on any atom is 0.236 e. The molecule has 2 rings (SSSR count). The molecule has 5 nitrogen and oxygen atoms in total. The van der Waals surface area contributed by atoms with Crippen LogP contribution in [0.5, 0.6) is 0 Å². The summed E-state index contributed by atoms with van der Waals surface area (Å²) in [6.07, 6.45) is 6.08. The summed E-state index contributed by atoms with van der Waals surface area (Å²) in [4.78, 5) is 28.0. The van der Waals surface area contributed by atoms with E-state index in [4.69, 9.17) is 9.16 Å². The Morgan fingerprint density at radius 3 is 2.59 bits per heavy atom. The van der Waals surface area contributed by atoms with Gasteiger partial charge in [0.2, 0.25) is 5.91 Å². The maximum atomic E-state index is 13.6. The van der Waals surface area contributed by atoms with Crippen LogP contribution in [0.15, 0.2) is 23.3 Å². The van der Waals surface area contributed by atoms with Crippen LogP contribution in [0.2, 0.25) is 18.1 Å². The van der Waals surface area contributed by atoms with Gasteiger partial charge >= 0.3 is 0 Å². The molecule has 2 atom stereocenters. The van der Waals surface area contributed by atoms with Gasteiger partial charge in [0.05, 0.1) is 18.1 Å². The van der Waals surface area contributed by atoms with Crippen molar-refractivity contribution < 1.29 is 18.8 Å². The molecule has 0 aromatic rings. The zero-order chi connectivity index (χ0) is 22.0. The molecule has 1 heterocycles. The van der Waals surface area contributed by atoms with Crippen LogP contribution in [-0.2, 0) is 18.8 Å². The molecule has 0 N–H and O–H groups in total. The maximum absolute atomic E-state index is 13.6. The van der Waals surface area contributed by atoms with E-state index in [1.165, 1.54) is 0 Å². The van der Waals surface area contributed by atoms with E-state index in [9.17, 15) is 9.59 Å². The van der Waals surface area contributed by atoms with Crippen LogP contribution >= 0.6 is 0 Å². The number of ether oxygens (including phenoxy) is 1. The molecule has 164 valence electrons. The predicted molar refractivity (Wildman–Crippen MR) is 119 cm³/mol. The van der Waals surface area contributed by atoms with Crippen LogP contribution in [-0.4, -0.2) is 57.8 Å². The van der Waals surface area contributed by atoms with Gasteiger partial charge in [-0.05, 0) is 68.5 Å². The molecule has 1 fully saturated rings. The van der Waals surface area contributed by atoms with Gasteiger partial charge in [-0.2, -0.15) is 0 Å². The van der Waals surface area contributed by atoms with Crippen molar-refractivity contribution in [3.63, 3.8) is 0 Å². The molecule has 0 spiro atoms. The van der Waals surface area contributed by atoms with Gasteiger partial charge < -0.3 is 14.1 Å². The lowest BCUT2D eigenvalue weighted by Gasteiger charge is -2.39. The molecule has 6 heteroatoms. The smallest absolute Gasteiger partial charge is 0.236 e. The first kappa shape index (κ1) is 24.0. The average molecular weight is 422 g/mol. The zero-order valence-electron chi connectivity index (χ0n) is 19.6. The topological polar surface area (TPSA) is 55.8 Å². The molecular weight excluding hydrogens is 382 g/mol. The van der Waals surface area contributed by atoms with Crippen molar-refractivity contribution in [2.75, 3.05) is 26.9 Å². The van der Waals surface area contributed by atoms with Crippen molar-refractivity contribution >= 4 is 20.0 Å². The Morgan fingerprint density at radius 2 is 2.00 bits per heavy atom. The first-order valence-corrected chi connectivity index (χ1v) is 13.6. The Bertz CT molecular complexity index is 704. The highest BCUT2D eigenvalue weighted by Gasteiger charge is 2.44. The lowest BCUT2D eigenvalue weighted by molar-refractivity contribution is -0.139. The monoisotopic (exact) mass is 421 g/mol. The van der Waals surface area contributed by atoms with Gasteiger partial charge in [-0.15, -0.1) is 0 Å². The minimum Gasteiger partial charge on any atom is -0.417 e. The van der Waals surface area contributed by atoms with Crippen LogP contribution < -0.4 is 0 Å².